The Morgan fingerprint density at radius 2 is 0.833 bits per heavy atom. The molecule has 0 aliphatic rings. The number of unbranched alkanes of at least 4 members (excludes halogenated alkanes) is 10. The maximum atomic E-state index is 10.6. The van der Waals surface area contributed by atoms with Gasteiger partial charge in [-0.3, -0.25) is 4.79 Å². The maximum absolute atomic E-state index is 10.6. The van der Waals surface area contributed by atoms with E-state index in [2.05, 4.69) is 106 Å². The summed E-state index contributed by atoms with van der Waals surface area (Å²) in [6.07, 6.45) is 14.7. The van der Waals surface area contributed by atoms with Crippen LogP contribution in [0.4, 0.5) is 0 Å². The van der Waals surface area contributed by atoms with E-state index in [1.165, 1.54) is 73.7 Å². The van der Waals surface area contributed by atoms with Crippen LogP contribution in [-0.2, 0) is 4.79 Å². The van der Waals surface area contributed by atoms with Crippen molar-refractivity contribution in [2.24, 2.45) is 0 Å². The van der Waals surface area contributed by atoms with E-state index in [1.807, 2.05) is 0 Å². The summed E-state index contributed by atoms with van der Waals surface area (Å²) in [5.41, 5.74) is 0. The predicted molar refractivity (Wildman–Crippen MR) is 162 cm³/mol. The van der Waals surface area contributed by atoms with E-state index in [1.54, 1.807) is 0 Å². The first-order chi connectivity index (χ1) is 17.6. The Hall–Kier alpha value is -1.96. The van der Waals surface area contributed by atoms with Gasteiger partial charge in [-0.05, 0) is 0 Å². The molecule has 0 heterocycles. The topological polar surface area (TPSA) is 37.3 Å². The van der Waals surface area contributed by atoms with Crippen molar-refractivity contribution in [3.05, 3.63) is 91.0 Å². The number of carboxylic acids is 1. The molecule has 36 heavy (non-hydrogen) atoms. The van der Waals surface area contributed by atoms with Crippen molar-refractivity contribution in [2.45, 2.75) is 77.0 Å². The van der Waals surface area contributed by atoms with Gasteiger partial charge in [-0.2, -0.15) is 0 Å². The van der Waals surface area contributed by atoms with E-state index < -0.39 is 11.3 Å². The molecule has 0 saturated heterocycles. The van der Waals surface area contributed by atoms with E-state index in [-0.39, 0.29) is 0 Å². The molecule has 0 saturated carbocycles. The SMILES string of the molecule is O=C(O)CCCCCCCCCCCCCP(Br)(c1ccccc1)(c1ccccc1)c1ccccc1. The molecule has 4 heteroatoms. The third kappa shape index (κ3) is 7.53. The number of carboxylic acid groups (broad SMARTS) is 1. The van der Waals surface area contributed by atoms with Crippen molar-refractivity contribution in [1.29, 1.82) is 0 Å². The molecule has 1 N–H and O–H groups in total. The van der Waals surface area contributed by atoms with Crippen LogP contribution in [0.1, 0.15) is 77.0 Å². The van der Waals surface area contributed by atoms with Crippen LogP contribution in [0, 0.1) is 0 Å². The number of benzene rings is 3. The molecule has 2 nitrogen and oxygen atoms in total. The summed E-state index contributed by atoms with van der Waals surface area (Å²) in [5.74, 6) is -0.670. The second-order valence-electron chi connectivity index (χ2n) is 9.95. The van der Waals surface area contributed by atoms with Gasteiger partial charge in [0.2, 0.25) is 0 Å². The molecule has 0 bridgehead atoms. The number of hydrogen-bond donors (Lipinski definition) is 1. The second kappa shape index (κ2) is 14.7. The van der Waals surface area contributed by atoms with Crippen LogP contribution in [0.5, 0.6) is 0 Å². The summed E-state index contributed by atoms with van der Waals surface area (Å²) in [7, 11) is 0. The first-order valence-electron chi connectivity index (χ1n) is 13.7. The fourth-order valence-electron chi connectivity index (χ4n) is 5.33. The minimum absolute atomic E-state index is 0.317. The summed E-state index contributed by atoms with van der Waals surface area (Å²) >= 11 is 4.55. The van der Waals surface area contributed by atoms with Crippen molar-refractivity contribution in [3.63, 3.8) is 0 Å². The average molecular weight is 570 g/mol. The van der Waals surface area contributed by atoms with Gasteiger partial charge >= 0.3 is 210 Å². The summed E-state index contributed by atoms with van der Waals surface area (Å²) in [6.45, 7) is 0. The van der Waals surface area contributed by atoms with Crippen molar-refractivity contribution in [1.82, 2.24) is 0 Å². The molecule has 0 aliphatic carbocycles. The van der Waals surface area contributed by atoms with Gasteiger partial charge in [0.25, 0.3) is 0 Å². The van der Waals surface area contributed by atoms with Gasteiger partial charge in [0, 0.05) is 6.42 Å². The summed E-state index contributed by atoms with van der Waals surface area (Å²) < 4.78 is 0. The summed E-state index contributed by atoms with van der Waals surface area (Å²) in [4.78, 5) is 10.6. The number of aliphatic carboxylic acids is 1. The fraction of sp³-hybridized carbons (Fsp3) is 0.406. The minimum atomic E-state index is -2.77. The van der Waals surface area contributed by atoms with Gasteiger partial charge in [-0.1, -0.05) is 0 Å². The molecule has 0 spiro atoms. The molecule has 3 aromatic carbocycles. The van der Waals surface area contributed by atoms with Crippen molar-refractivity contribution < 1.29 is 9.90 Å². The van der Waals surface area contributed by atoms with E-state index in [4.69, 9.17) is 5.11 Å². The van der Waals surface area contributed by atoms with Gasteiger partial charge in [-0.25, -0.2) is 0 Å². The van der Waals surface area contributed by atoms with Crippen LogP contribution in [0.3, 0.4) is 0 Å². The zero-order valence-corrected chi connectivity index (χ0v) is 24.0. The zero-order valence-electron chi connectivity index (χ0n) is 21.5. The Bertz CT molecular complexity index is 924. The molecular formula is C32H42BrO2P. The standard InChI is InChI=1S/C32H42BrO2P/c33-36(29-21-13-10-14-22-29,30-23-15-11-16-24-30,31-25-17-12-18-26-31)28-20-9-7-5-3-1-2-4-6-8-19-27-32(34)35/h10-18,21-26H,1-9,19-20,27-28H2,(H,34,35). The Morgan fingerprint density at radius 3 is 1.17 bits per heavy atom. The molecule has 3 rings (SSSR count). The second-order valence-corrected chi connectivity index (χ2v) is 19.0. The molecule has 3 aromatic rings. The van der Waals surface area contributed by atoms with Crippen molar-refractivity contribution in [2.75, 3.05) is 6.16 Å². The van der Waals surface area contributed by atoms with E-state index >= 15 is 0 Å². The first-order valence-corrected chi connectivity index (χ1v) is 18.1. The zero-order chi connectivity index (χ0) is 25.6. The molecule has 0 atom stereocenters. The van der Waals surface area contributed by atoms with Crippen LogP contribution < -0.4 is 15.9 Å². The Morgan fingerprint density at radius 1 is 0.528 bits per heavy atom. The van der Waals surface area contributed by atoms with E-state index in [0.29, 0.717) is 6.42 Å². The summed E-state index contributed by atoms with van der Waals surface area (Å²) in [6, 6.07) is 33.3. The molecule has 0 aliphatic heterocycles. The van der Waals surface area contributed by atoms with E-state index in [9.17, 15) is 4.79 Å². The molecule has 0 radical (unpaired) electrons. The Balaban J connectivity index is 1.57. The Labute approximate surface area is 226 Å². The molecule has 0 fully saturated rings. The van der Waals surface area contributed by atoms with Gasteiger partial charge in [0.05, 0.1) is 0 Å². The molecule has 0 unspecified atom stereocenters. The average Bonchev–Trinajstić information content (AvgIpc) is 2.92. The first kappa shape index (κ1) is 28.6. The summed E-state index contributed by atoms with van der Waals surface area (Å²) in [5, 5.41) is 10.2. The quantitative estimate of drug-likeness (QED) is 0.131. The predicted octanol–water partition coefficient (Wildman–Crippen LogP) is 8.59. The van der Waals surface area contributed by atoms with Crippen LogP contribution in [-0.4, -0.2) is 17.2 Å². The van der Waals surface area contributed by atoms with Crippen LogP contribution in [0.25, 0.3) is 0 Å². The third-order valence-corrected chi connectivity index (χ3v) is 17.4. The van der Waals surface area contributed by atoms with Gasteiger partial charge < -0.3 is 5.11 Å². The number of halogens is 1. The third-order valence-electron chi connectivity index (χ3n) is 7.35. The molecule has 0 amide bonds. The molecule has 0 aromatic heterocycles. The Kier molecular flexibility index (Phi) is 11.7. The number of hydrogen-bond acceptors (Lipinski definition) is 1. The van der Waals surface area contributed by atoms with Crippen LogP contribution in [0.2, 0.25) is 0 Å². The monoisotopic (exact) mass is 568 g/mol. The van der Waals surface area contributed by atoms with Gasteiger partial charge in [0.1, 0.15) is 0 Å². The van der Waals surface area contributed by atoms with Gasteiger partial charge in [0.15, 0.2) is 0 Å². The van der Waals surface area contributed by atoms with Crippen LogP contribution >= 0.6 is 20.8 Å². The van der Waals surface area contributed by atoms with Crippen LogP contribution in [0.15, 0.2) is 91.0 Å². The van der Waals surface area contributed by atoms with E-state index in [0.717, 1.165) is 19.0 Å². The molecular weight excluding hydrogens is 527 g/mol. The van der Waals surface area contributed by atoms with Gasteiger partial charge in [-0.15, -0.1) is 0 Å². The van der Waals surface area contributed by atoms with Crippen molar-refractivity contribution >= 4 is 42.7 Å². The van der Waals surface area contributed by atoms with Crippen molar-refractivity contribution in [3.8, 4) is 0 Å². The fourth-order valence-corrected chi connectivity index (χ4v) is 13.1. The number of rotatable bonds is 17. The molecule has 194 valence electrons. The number of carbonyl (C=O) groups is 1. The normalized spacial score (nSPS) is 12.6.